The summed E-state index contributed by atoms with van der Waals surface area (Å²) in [6.45, 7) is 5.02. The van der Waals surface area contributed by atoms with Crippen LogP contribution < -0.4 is 10.0 Å². The van der Waals surface area contributed by atoms with E-state index in [9.17, 15) is 13.2 Å². The van der Waals surface area contributed by atoms with E-state index < -0.39 is 10.0 Å². The fraction of sp³-hybridized carbons (Fsp3) is 0.533. The first kappa shape index (κ1) is 16.9. The van der Waals surface area contributed by atoms with Gasteiger partial charge >= 0.3 is 0 Å². The molecule has 22 heavy (non-hydrogen) atoms. The number of amides is 1. The number of rotatable bonds is 6. The fourth-order valence-electron chi connectivity index (χ4n) is 2.36. The second kappa shape index (κ2) is 7.21. The molecule has 1 fully saturated rings. The molecule has 1 aromatic rings. The molecule has 0 radical (unpaired) electrons. The minimum Gasteiger partial charge on any atom is -0.377 e. The predicted molar refractivity (Wildman–Crippen MR) is 83.3 cm³/mol. The summed E-state index contributed by atoms with van der Waals surface area (Å²) in [5.41, 5.74) is 1.12. The molecule has 1 aromatic carbocycles. The summed E-state index contributed by atoms with van der Waals surface area (Å²) in [5.74, 6) is -0.267. The summed E-state index contributed by atoms with van der Waals surface area (Å²) in [6, 6.07) is 4.57. The third-order valence-electron chi connectivity index (χ3n) is 3.63. The smallest absolute Gasteiger partial charge is 0.251 e. The lowest BCUT2D eigenvalue weighted by Crippen LogP contribution is -2.32. The van der Waals surface area contributed by atoms with E-state index in [0.29, 0.717) is 18.7 Å². The Morgan fingerprint density at radius 1 is 1.41 bits per heavy atom. The normalized spacial score (nSPS) is 18.4. The van der Waals surface area contributed by atoms with Crippen molar-refractivity contribution in [2.24, 2.45) is 0 Å². The third-order valence-corrected chi connectivity index (χ3v) is 5.05. The number of benzene rings is 1. The van der Waals surface area contributed by atoms with Crippen molar-refractivity contribution in [2.45, 2.75) is 37.7 Å². The lowest BCUT2D eigenvalue weighted by atomic mass is 10.1. The third kappa shape index (κ3) is 4.06. The van der Waals surface area contributed by atoms with Gasteiger partial charge in [0.05, 0.1) is 11.0 Å². The highest BCUT2D eigenvalue weighted by Crippen LogP contribution is 2.17. The van der Waals surface area contributed by atoms with Crippen LogP contribution in [0.1, 0.15) is 35.7 Å². The summed E-state index contributed by atoms with van der Waals surface area (Å²) >= 11 is 0. The topological polar surface area (TPSA) is 84.5 Å². The standard InChI is InChI=1S/C15H22N2O4S/c1-3-16-15(18)14-9-13(7-6-11(14)2)22(19,20)17-10-12-5-4-8-21-12/h6-7,9,12,17H,3-5,8,10H2,1-2H3,(H,16,18)/t12-/m0/s1. The van der Waals surface area contributed by atoms with Crippen molar-refractivity contribution in [1.82, 2.24) is 10.0 Å². The predicted octanol–water partition coefficient (Wildman–Crippen LogP) is 1.20. The first-order valence-electron chi connectivity index (χ1n) is 7.44. The molecular formula is C15H22N2O4S. The first-order valence-corrected chi connectivity index (χ1v) is 8.92. The highest BCUT2D eigenvalue weighted by atomic mass is 32.2. The first-order chi connectivity index (χ1) is 10.4. The Hall–Kier alpha value is -1.44. The number of hydrogen-bond acceptors (Lipinski definition) is 4. The van der Waals surface area contributed by atoms with Gasteiger partial charge in [-0.15, -0.1) is 0 Å². The Kier molecular flexibility index (Phi) is 5.55. The lowest BCUT2D eigenvalue weighted by Gasteiger charge is -2.13. The zero-order valence-electron chi connectivity index (χ0n) is 12.9. The quantitative estimate of drug-likeness (QED) is 0.823. The summed E-state index contributed by atoms with van der Waals surface area (Å²) in [6.07, 6.45) is 1.75. The van der Waals surface area contributed by atoms with E-state index in [1.807, 2.05) is 6.92 Å². The van der Waals surface area contributed by atoms with Crippen LogP contribution in [-0.4, -0.2) is 40.1 Å². The summed E-state index contributed by atoms with van der Waals surface area (Å²) in [5, 5.41) is 2.68. The Labute approximate surface area is 131 Å². The van der Waals surface area contributed by atoms with Crippen LogP contribution in [-0.2, 0) is 14.8 Å². The number of nitrogens with one attached hydrogen (secondary N) is 2. The van der Waals surface area contributed by atoms with Gasteiger partial charge in [-0.2, -0.15) is 0 Å². The van der Waals surface area contributed by atoms with Crippen LogP contribution in [0.2, 0.25) is 0 Å². The SMILES string of the molecule is CCNC(=O)c1cc(S(=O)(=O)NC[C@@H]2CCCO2)ccc1C. The van der Waals surface area contributed by atoms with E-state index in [1.165, 1.54) is 12.1 Å². The van der Waals surface area contributed by atoms with E-state index in [4.69, 9.17) is 4.74 Å². The molecule has 0 aromatic heterocycles. The van der Waals surface area contributed by atoms with Crippen molar-refractivity contribution in [3.05, 3.63) is 29.3 Å². The zero-order chi connectivity index (χ0) is 16.2. The van der Waals surface area contributed by atoms with Gasteiger partial charge in [0, 0.05) is 25.3 Å². The molecule has 1 heterocycles. The fourth-order valence-corrected chi connectivity index (χ4v) is 3.45. The second-order valence-corrected chi connectivity index (χ2v) is 7.09. The van der Waals surface area contributed by atoms with Gasteiger partial charge in [-0.05, 0) is 44.4 Å². The average Bonchev–Trinajstić information content (AvgIpc) is 2.99. The van der Waals surface area contributed by atoms with Crippen LogP contribution in [0.4, 0.5) is 0 Å². The number of hydrogen-bond donors (Lipinski definition) is 2. The molecule has 0 aliphatic carbocycles. The maximum Gasteiger partial charge on any atom is 0.251 e. The Balaban J connectivity index is 2.15. The lowest BCUT2D eigenvalue weighted by molar-refractivity contribution is 0.0955. The van der Waals surface area contributed by atoms with Crippen molar-refractivity contribution in [2.75, 3.05) is 19.7 Å². The van der Waals surface area contributed by atoms with Gasteiger partial charge in [0.2, 0.25) is 10.0 Å². The van der Waals surface area contributed by atoms with Gasteiger partial charge in [-0.3, -0.25) is 4.79 Å². The summed E-state index contributed by atoms with van der Waals surface area (Å²) in [4.78, 5) is 12.1. The van der Waals surface area contributed by atoms with Crippen LogP contribution in [0.5, 0.6) is 0 Å². The molecule has 0 spiro atoms. The minimum absolute atomic E-state index is 0.0666. The van der Waals surface area contributed by atoms with Crippen molar-refractivity contribution in [3.63, 3.8) is 0 Å². The number of sulfonamides is 1. The average molecular weight is 326 g/mol. The molecule has 1 atom stereocenters. The van der Waals surface area contributed by atoms with Crippen molar-refractivity contribution < 1.29 is 17.9 Å². The molecule has 1 amide bonds. The van der Waals surface area contributed by atoms with Crippen molar-refractivity contribution in [1.29, 1.82) is 0 Å². The van der Waals surface area contributed by atoms with Gasteiger partial charge < -0.3 is 10.1 Å². The highest BCUT2D eigenvalue weighted by Gasteiger charge is 2.21. The van der Waals surface area contributed by atoms with Crippen LogP contribution >= 0.6 is 0 Å². The van der Waals surface area contributed by atoms with Crippen LogP contribution in [0.3, 0.4) is 0 Å². The van der Waals surface area contributed by atoms with Crippen LogP contribution in [0.25, 0.3) is 0 Å². The van der Waals surface area contributed by atoms with Crippen LogP contribution in [0.15, 0.2) is 23.1 Å². The van der Waals surface area contributed by atoms with E-state index in [0.717, 1.165) is 18.4 Å². The maximum absolute atomic E-state index is 12.3. The molecule has 1 aliphatic rings. The number of carbonyl (C=O) groups is 1. The van der Waals surface area contributed by atoms with E-state index in [2.05, 4.69) is 10.0 Å². The molecule has 122 valence electrons. The molecule has 6 nitrogen and oxygen atoms in total. The van der Waals surface area contributed by atoms with Gasteiger partial charge in [0.15, 0.2) is 0 Å². The molecule has 1 saturated heterocycles. The van der Waals surface area contributed by atoms with Crippen molar-refractivity contribution >= 4 is 15.9 Å². The Bertz CT molecular complexity index is 637. The zero-order valence-corrected chi connectivity index (χ0v) is 13.7. The second-order valence-electron chi connectivity index (χ2n) is 5.32. The summed E-state index contributed by atoms with van der Waals surface area (Å²) < 4.78 is 32.6. The molecule has 7 heteroatoms. The summed E-state index contributed by atoms with van der Waals surface area (Å²) in [7, 11) is -3.65. The largest absolute Gasteiger partial charge is 0.377 e. The van der Waals surface area contributed by atoms with Gasteiger partial charge in [0.1, 0.15) is 0 Å². The van der Waals surface area contributed by atoms with Gasteiger partial charge in [0.25, 0.3) is 5.91 Å². The molecule has 0 unspecified atom stereocenters. The molecule has 2 N–H and O–H groups in total. The van der Waals surface area contributed by atoms with E-state index in [1.54, 1.807) is 13.0 Å². The molecule has 2 rings (SSSR count). The molecule has 0 saturated carbocycles. The highest BCUT2D eigenvalue weighted by molar-refractivity contribution is 7.89. The van der Waals surface area contributed by atoms with E-state index in [-0.39, 0.29) is 23.5 Å². The number of aryl methyl sites for hydroxylation is 1. The Morgan fingerprint density at radius 2 is 2.18 bits per heavy atom. The van der Waals surface area contributed by atoms with Gasteiger partial charge in [-0.25, -0.2) is 13.1 Å². The van der Waals surface area contributed by atoms with E-state index >= 15 is 0 Å². The molecule has 0 bridgehead atoms. The number of ether oxygens (including phenoxy) is 1. The monoisotopic (exact) mass is 326 g/mol. The Morgan fingerprint density at radius 3 is 2.82 bits per heavy atom. The van der Waals surface area contributed by atoms with Crippen molar-refractivity contribution in [3.8, 4) is 0 Å². The minimum atomic E-state index is -3.65. The number of carbonyl (C=O) groups excluding carboxylic acids is 1. The maximum atomic E-state index is 12.3. The van der Waals surface area contributed by atoms with Gasteiger partial charge in [-0.1, -0.05) is 6.07 Å². The molecular weight excluding hydrogens is 304 g/mol. The molecule has 1 aliphatic heterocycles. The van der Waals surface area contributed by atoms with Crippen LogP contribution in [0, 0.1) is 6.92 Å².